The molecule has 1 aliphatic carbocycles. The standard InChI is InChI=1S/C14H24O2/c1-13(2,3)11-8-7-10(9-11)12(15)16-14(4,5)6/h9,11H,7-8H2,1-6H3. The first kappa shape index (κ1) is 13.3. The molecule has 2 nitrogen and oxygen atoms in total. The van der Waals surface area contributed by atoms with E-state index in [4.69, 9.17) is 4.74 Å². The first-order chi connectivity index (χ1) is 7.09. The minimum absolute atomic E-state index is 0.140. The molecule has 0 heterocycles. The molecule has 1 aliphatic rings. The van der Waals surface area contributed by atoms with E-state index in [-0.39, 0.29) is 11.4 Å². The summed E-state index contributed by atoms with van der Waals surface area (Å²) in [6.07, 6.45) is 4.03. The lowest BCUT2D eigenvalue weighted by atomic mass is 9.81. The second kappa shape index (κ2) is 4.23. The van der Waals surface area contributed by atoms with Crippen LogP contribution in [-0.2, 0) is 9.53 Å². The summed E-state index contributed by atoms with van der Waals surface area (Å²) in [6, 6.07) is 0. The van der Waals surface area contributed by atoms with Crippen molar-refractivity contribution >= 4 is 5.97 Å². The van der Waals surface area contributed by atoms with E-state index in [9.17, 15) is 4.79 Å². The van der Waals surface area contributed by atoms with Gasteiger partial charge in [-0.3, -0.25) is 0 Å². The summed E-state index contributed by atoms with van der Waals surface area (Å²) in [5.41, 5.74) is 0.705. The van der Waals surface area contributed by atoms with Gasteiger partial charge in [0.25, 0.3) is 0 Å². The molecule has 0 aromatic rings. The molecule has 1 unspecified atom stereocenters. The molecule has 0 aliphatic heterocycles. The Hall–Kier alpha value is -0.790. The van der Waals surface area contributed by atoms with E-state index in [1.807, 2.05) is 20.8 Å². The Labute approximate surface area is 99.1 Å². The van der Waals surface area contributed by atoms with Crippen LogP contribution in [0.25, 0.3) is 0 Å². The highest BCUT2D eigenvalue weighted by molar-refractivity contribution is 5.89. The molecule has 0 fully saturated rings. The molecule has 0 bridgehead atoms. The third-order valence-electron chi connectivity index (χ3n) is 2.90. The van der Waals surface area contributed by atoms with Gasteiger partial charge in [-0.2, -0.15) is 0 Å². The van der Waals surface area contributed by atoms with Crippen LogP contribution in [0.15, 0.2) is 11.6 Å². The molecule has 0 aromatic heterocycles. The Balaban J connectivity index is 2.67. The summed E-state index contributed by atoms with van der Waals surface area (Å²) in [7, 11) is 0. The summed E-state index contributed by atoms with van der Waals surface area (Å²) < 4.78 is 5.38. The predicted octanol–water partition coefficient (Wildman–Crippen LogP) is 3.71. The Morgan fingerprint density at radius 1 is 1.25 bits per heavy atom. The number of hydrogen-bond donors (Lipinski definition) is 0. The maximum absolute atomic E-state index is 11.8. The van der Waals surface area contributed by atoms with E-state index >= 15 is 0 Å². The van der Waals surface area contributed by atoms with Crippen molar-refractivity contribution in [3.05, 3.63) is 11.6 Å². The van der Waals surface area contributed by atoms with Gasteiger partial charge in [0, 0.05) is 5.57 Å². The predicted molar refractivity (Wildman–Crippen MR) is 66.1 cm³/mol. The average molecular weight is 224 g/mol. The van der Waals surface area contributed by atoms with E-state index in [0.29, 0.717) is 5.92 Å². The molecule has 0 saturated heterocycles. The number of carbonyl (C=O) groups excluding carboxylic acids is 1. The highest BCUT2D eigenvalue weighted by Gasteiger charge is 2.31. The maximum atomic E-state index is 11.8. The van der Waals surface area contributed by atoms with Crippen LogP contribution in [0.5, 0.6) is 0 Å². The monoisotopic (exact) mass is 224 g/mol. The quantitative estimate of drug-likeness (QED) is 0.635. The molecule has 0 aromatic carbocycles. The van der Waals surface area contributed by atoms with Gasteiger partial charge < -0.3 is 4.74 Å². The SMILES string of the molecule is CC(C)(C)OC(=O)C1=CC(C(C)(C)C)CC1. The first-order valence-corrected chi connectivity index (χ1v) is 6.03. The van der Waals surface area contributed by atoms with Gasteiger partial charge in [-0.05, 0) is 44.9 Å². The highest BCUT2D eigenvalue weighted by Crippen LogP contribution is 2.38. The molecule has 0 saturated carbocycles. The van der Waals surface area contributed by atoms with E-state index < -0.39 is 5.60 Å². The molecule has 92 valence electrons. The number of allylic oxidation sites excluding steroid dienone is 1. The topological polar surface area (TPSA) is 26.3 Å². The van der Waals surface area contributed by atoms with Crippen LogP contribution >= 0.6 is 0 Å². The van der Waals surface area contributed by atoms with Crippen molar-refractivity contribution in [2.75, 3.05) is 0 Å². The van der Waals surface area contributed by atoms with E-state index in [0.717, 1.165) is 18.4 Å². The van der Waals surface area contributed by atoms with Crippen molar-refractivity contribution in [2.45, 2.75) is 60.0 Å². The average Bonchev–Trinajstić information content (AvgIpc) is 2.46. The van der Waals surface area contributed by atoms with Gasteiger partial charge in [-0.25, -0.2) is 4.79 Å². The van der Waals surface area contributed by atoms with Gasteiger partial charge in [0.1, 0.15) is 5.60 Å². The van der Waals surface area contributed by atoms with Gasteiger partial charge >= 0.3 is 5.97 Å². The molecule has 0 radical (unpaired) electrons. The molecule has 0 amide bonds. The Kier molecular flexibility index (Phi) is 3.51. The van der Waals surface area contributed by atoms with Crippen LogP contribution < -0.4 is 0 Å². The van der Waals surface area contributed by atoms with Crippen LogP contribution in [0.4, 0.5) is 0 Å². The second-order valence-corrected chi connectivity index (χ2v) is 6.70. The molecule has 1 rings (SSSR count). The summed E-state index contributed by atoms with van der Waals surface area (Å²) in [6.45, 7) is 12.4. The van der Waals surface area contributed by atoms with Crippen molar-refractivity contribution in [1.29, 1.82) is 0 Å². The number of esters is 1. The molecular formula is C14H24O2. The van der Waals surface area contributed by atoms with Gasteiger partial charge in [0.2, 0.25) is 0 Å². The zero-order valence-electron chi connectivity index (χ0n) is 11.4. The lowest BCUT2D eigenvalue weighted by Crippen LogP contribution is -2.24. The van der Waals surface area contributed by atoms with Crippen molar-refractivity contribution in [3.63, 3.8) is 0 Å². The fraction of sp³-hybridized carbons (Fsp3) is 0.786. The number of ether oxygens (including phenoxy) is 1. The maximum Gasteiger partial charge on any atom is 0.334 e. The first-order valence-electron chi connectivity index (χ1n) is 6.03. The molecular weight excluding hydrogens is 200 g/mol. The fourth-order valence-electron chi connectivity index (χ4n) is 1.92. The normalized spacial score (nSPS) is 21.9. The highest BCUT2D eigenvalue weighted by atomic mass is 16.6. The summed E-state index contributed by atoms with van der Waals surface area (Å²) in [5.74, 6) is 0.356. The lowest BCUT2D eigenvalue weighted by Gasteiger charge is -2.24. The van der Waals surface area contributed by atoms with Gasteiger partial charge in [0.05, 0.1) is 0 Å². The van der Waals surface area contributed by atoms with Gasteiger partial charge in [-0.1, -0.05) is 26.8 Å². The zero-order chi connectivity index (χ0) is 12.6. The molecule has 1 atom stereocenters. The third-order valence-corrected chi connectivity index (χ3v) is 2.90. The Morgan fingerprint density at radius 3 is 2.19 bits per heavy atom. The van der Waals surface area contributed by atoms with Crippen molar-refractivity contribution < 1.29 is 9.53 Å². The largest absolute Gasteiger partial charge is 0.457 e. The molecule has 0 spiro atoms. The lowest BCUT2D eigenvalue weighted by molar-refractivity contribution is -0.149. The summed E-state index contributed by atoms with van der Waals surface area (Å²) >= 11 is 0. The van der Waals surface area contributed by atoms with Crippen molar-refractivity contribution in [3.8, 4) is 0 Å². The number of hydrogen-bond acceptors (Lipinski definition) is 2. The fourth-order valence-corrected chi connectivity index (χ4v) is 1.92. The summed E-state index contributed by atoms with van der Waals surface area (Å²) in [4.78, 5) is 11.8. The van der Waals surface area contributed by atoms with Crippen LogP contribution in [-0.4, -0.2) is 11.6 Å². The smallest absolute Gasteiger partial charge is 0.334 e. The van der Waals surface area contributed by atoms with Crippen LogP contribution in [0.1, 0.15) is 54.4 Å². The van der Waals surface area contributed by atoms with Gasteiger partial charge in [-0.15, -0.1) is 0 Å². The van der Waals surface area contributed by atoms with Crippen LogP contribution in [0, 0.1) is 11.3 Å². The third kappa shape index (κ3) is 3.66. The minimum atomic E-state index is -0.391. The molecule has 0 N–H and O–H groups in total. The van der Waals surface area contributed by atoms with Crippen molar-refractivity contribution in [1.82, 2.24) is 0 Å². The van der Waals surface area contributed by atoms with E-state index in [1.54, 1.807) is 0 Å². The zero-order valence-corrected chi connectivity index (χ0v) is 11.4. The van der Waals surface area contributed by atoms with Crippen LogP contribution in [0.2, 0.25) is 0 Å². The van der Waals surface area contributed by atoms with Crippen molar-refractivity contribution in [2.24, 2.45) is 11.3 Å². The van der Waals surface area contributed by atoms with Gasteiger partial charge in [0.15, 0.2) is 0 Å². The Bertz CT molecular complexity index is 300. The minimum Gasteiger partial charge on any atom is -0.457 e. The summed E-state index contributed by atoms with van der Waals surface area (Å²) in [5, 5.41) is 0. The molecule has 16 heavy (non-hydrogen) atoms. The molecule has 2 heteroatoms. The second-order valence-electron chi connectivity index (χ2n) is 6.70. The number of rotatable bonds is 1. The van der Waals surface area contributed by atoms with Crippen LogP contribution in [0.3, 0.4) is 0 Å². The Morgan fingerprint density at radius 2 is 1.81 bits per heavy atom. The number of carbonyl (C=O) groups is 1. The van der Waals surface area contributed by atoms with E-state index in [1.165, 1.54) is 0 Å². The van der Waals surface area contributed by atoms with E-state index in [2.05, 4.69) is 26.8 Å².